The molecule has 2 heterocycles. The van der Waals surface area contributed by atoms with Crippen LogP contribution in [0.5, 0.6) is 0 Å². The van der Waals surface area contributed by atoms with Crippen molar-refractivity contribution in [1.29, 1.82) is 0 Å². The minimum absolute atomic E-state index is 0.451. The van der Waals surface area contributed by atoms with Gasteiger partial charge in [-0.2, -0.15) is 4.31 Å². The minimum atomic E-state index is -2.95. The summed E-state index contributed by atoms with van der Waals surface area (Å²) in [5, 5.41) is 3.29. The Morgan fingerprint density at radius 2 is 1.79 bits per heavy atom. The third-order valence-corrected chi connectivity index (χ3v) is 4.20. The molecule has 14 heavy (non-hydrogen) atoms. The summed E-state index contributed by atoms with van der Waals surface area (Å²) in [6.45, 7) is 5.49. The molecule has 0 spiro atoms. The van der Waals surface area contributed by atoms with Crippen molar-refractivity contribution < 1.29 is 8.42 Å². The van der Waals surface area contributed by atoms with Gasteiger partial charge in [-0.25, -0.2) is 8.42 Å². The lowest BCUT2D eigenvalue weighted by atomic mass is 10.1. The molecule has 0 aromatic heterocycles. The highest BCUT2D eigenvalue weighted by molar-refractivity contribution is 7.88. The first kappa shape index (κ1) is 10.4. The molecule has 1 N–H and O–H groups in total. The minimum Gasteiger partial charge on any atom is -0.314 e. The largest absolute Gasteiger partial charge is 0.314 e. The Bertz CT molecular complexity index is 292. The van der Waals surface area contributed by atoms with Crippen LogP contribution in [0.4, 0.5) is 0 Å². The smallest absolute Gasteiger partial charge is 0.211 e. The molecule has 2 aliphatic rings. The molecule has 2 saturated heterocycles. The number of sulfonamides is 1. The Hall–Kier alpha value is -0.170. The first-order chi connectivity index (χ1) is 6.57. The van der Waals surface area contributed by atoms with E-state index < -0.39 is 10.0 Å². The molecule has 0 bridgehead atoms. The Kier molecular flexibility index (Phi) is 2.79. The number of piperazine rings is 1. The van der Waals surface area contributed by atoms with Crippen LogP contribution in [0.3, 0.4) is 0 Å². The number of nitrogens with one attached hydrogen (secondary N) is 1. The molecule has 82 valence electrons. The molecule has 5 nitrogen and oxygen atoms in total. The van der Waals surface area contributed by atoms with Crippen LogP contribution in [0.1, 0.15) is 0 Å². The van der Waals surface area contributed by atoms with Crippen LogP contribution in [0.2, 0.25) is 0 Å². The van der Waals surface area contributed by atoms with E-state index in [4.69, 9.17) is 0 Å². The third kappa shape index (κ3) is 2.08. The maximum Gasteiger partial charge on any atom is 0.211 e. The van der Waals surface area contributed by atoms with Crippen molar-refractivity contribution in [1.82, 2.24) is 14.5 Å². The summed E-state index contributed by atoms with van der Waals surface area (Å²) >= 11 is 0. The number of rotatable bonds is 2. The molecule has 2 fully saturated rings. The van der Waals surface area contributed by atoms with Crippen molar-refractivity contribution in [3.05, 3.63) is 0 Å². The van der Waals surface area contributed by atoms with Gasteiger partial charge in [0.25, 0.3) is 0 Å². The van der Waals surface area contributed by atoms with Gasteiger partial charge in [0.2, 0.25) is 10.0 Å². The second kappa shape index (κ2) is 3.77. The van der Waals surface area contributed by atoms with Gasteiger partial charge >= 0.3 is 0 Å². The molecule has 0 saturated carbocycles. The molecule has 0 radical (unpaired) electrons. The van der Waals surface area contributed by atoms with Crippen molar-refractivity contribution in [3.8, 4) is 0 Å². The molecule has 0 aromatic carbocycles. The molecule has 0 unspecified atom stereocenters. The van der Waals surface area contributed by atoms with E-state index in [-0.39, 0.29) is 0 Å². The van der Waals surface area contributed by atoms with Gasteiger partial charge in [-0.1, -0.05) is 0 Å². The van der Waals surface area contributed by atoms with Crippen LogP contribution in [-0.2, 0) is 10.0 Å². The molecule has 6 heteroatoms. The van der Waals surface area contributed by atoms with Gasteiger partial charge in [0.05, 0.1) is 6.26 Å². The maximum absolute atomic E-state index is 11.1. The Morgan fingerprint density at radius 1 is 1.21 bits per heavy atom. The fourth-order valence-electron chi connectivity index (χ4n) is 1.97. The van der Waals surface area contributed by atoms with Crippen LogP contribution in [0.25, 0.3) is 0 Å². The summed E-state index contributed by atoms with van der Waals surface area (Å²) < 4.78 is 23.8. The van der Waals surface area contributed by atoms with Crippen molar-refractivity contribution in [2.24, 2.45) is 0 Å². The summed E-state index contributed by atoms with van der Waals surface area (Å²) in [6.07, 6.45) is 1.28. The van der Waals surface area contributed by atoms with Gasteiger partial charge in [-0.05, 0) is 0 Å². The molecule has 0 aliphatic carbocycles. The molecule has 0 amide bonds. The second-order valence-corrected chi connectivity index (χ2v) is 6.00. The van der Waals surface area contributed by atoms with E-state index in [1.54, 1.807) is 4.31 Å². The average molecular weight is 219 g/mol. The van der Waals surface area contributed by atoms with E-state index in [1.807, 2.05) is 0 Å². The van der Waals surface area contributed by atoms with E-state index in [9.17, 15) is 8.42 Å². The van der Waals surface area contributed by atoms with Crippen molar-refractivity contribution in [3.63, 3.8) is 0 Å². The molecule has 0 aromatic rings. The monoisotopic (exact) mass is 219 g/mol. The fraction of sp³-hybridized carbons (Fsp3) is 1.00. The van der Waals surface area contributed by atoms with Gasteiger partial charge in [0.15, 0.2) is 0 Å². The SMILES string of the molecule is CS(=O)(=O)N1CC(N2CCNCC2)C1. The summed E-state index contributed by atoms with van der Waals surface area (Å²) in [4.78, 5) is 2.37. The average Bonchev–Trinajstić information content (AvgIpc) is 2.00. The zero-order chi connectivity index (χ0) is 10.2. The molecular weight excluding hydrogens is 202 g/mol. The molecular formula is C8H17N3O2S. The van der Waals surface area contributed by atoms with E-state index in [0.717, 1.165) is 26.2 Å². The van der Waals surface area contributed by atoms with Crippen LogP contribution < -0.4 is 5.32 Å². The Morgan fingerprint density at radius 3 is 2.29 bits per heavy atom. The van der Waals surface area contributed by atoms with Gasteiger partial charge in [0.1, 0.15) is 0 Å². The standard InChI is InChI=1S/C8H17N3O2S/c1-14(12,13)11-6-8(7-11)10-4-2-9-3-5-10/h8-9H,2-7H2,1H3. The quantitative estimate of drug-likeness (QED) is 0.616. The van der Waals surface area contributed by atoms with E-state index in [2.05, 4.69) is 10.2 Å². The Labute approximate surface area is 85.1 Å². The predicted molar refractivity (Wildman–Crippen MR) is 54.6 cm³/mol. The van der Waals surface area contributed by atoms with Crippen LogP contribution in [0, 0.1) is 0 Å². The van der Waals surface area contributed by atoms with E-state index in [0.29, 0.717) is 19.1 Å². The van der Waals surface area contributed by atoms with Gasteiger partial charge < -0.3 is 5.32 Å². The Balaban J connectivity index is 1.82. The van der Waals surface area contributed by atoms with Gasteiger partial charge in [-0.3, -0.25) is 4.90 Å². The summed E-state index contributed by atoms with van der Waals surface area (Å²) in [5.74, 6) is 0. The summed E-state index contributed by atoms with van der Waals surface area (Å²) in [6, 6.07) is 0.451. The highest BCUT2D eigenvalue weighted by Gasteiger charge is 2.36. The van der Waals surface area contributed by atoms with Crippen LogP contribution >= 0.6 is 0 Å². The zero-order valence-electron chi connectivity index (χ0n) is 8.44. The second-order valence-electron chi connectivity index (χ2n) is 4.02. The normalized spacial score (nSPS) is 27.5. The van der Waals surface area contributed by atoms with Crippen molar-refractivity contribution in [2.75, 3.05) is 45.5 Å². The van der Waals surface area contributed by atoms with E-state index in [1.165, 1.54) is 6.26 Å². The molecule has 2 aliphatic heterocycles. The number of hydrogen-bond donors (Lipinski definition) is 1. The highest BCUT2D eigenvalue weighted by atomic mass is 32.2. The maximum atomic E-state index is 11.1. The first-order valence-electron chi connectivity index (χ1n) is 4.97. The lowest BCUT2D eigenvalue weighted by Crippen LogP contribution is -2.63. The van der Waals surface area contributed by atoms with Crippen LogP contribution in [-0.4, -0.2) is 69.2 Å². The van der Waals surface area contributed by atoms with E-state index >= 15 is 0 Å². The van der Waals surface area contributed by atoms with Crippen LogP contribution in [0.15, 0.2) is 0 Å². The van der Waals surface area contributed by atoms with Gasteiger partial charge in [-0.15, -0.1) is 0 Å². The van der Waals surface area contributed by atoms with Crippen molar-refractivity contribution in [2.45, 2.75) is 6.04 Å². The van der Waals surface area contributed by atoms with Crippen molar-refractivity contribution >= 4 is 10.0 Å². The molecule has 2 rings (SSSR count). The number of hydrogen-bond acceptors (Lipinski definition) is 4. The van der Waals surface area contributed by atoms with Gasteiger partial charge in [0, 0.05) is 45.3 Å². The zero-order valence-corrected chi connectivity index (χ0v) is 9.26. The fourth-order valence-corrected chi connectivity index (χ4v) is 2.85. The summed E-state index contributed by atoms with van der Waals surface area (Å²) in [7, 11) is -2.95. The lowest BCUT2D eigenvalue weighted by molar-refractivity contribution is 0.0778. The first-order valence-corrected chi connectivity index (χ1v) is 6.82. The third-order valence-electron chi connectivity index (χ3n) is 2.97. The lowest BCUT2D eigenvalue weighted by Gasteiger charge is -2.45. The predicted octanol–water partition coefficient (Wildman–Crippen LogP) is -1.46. The number of nitrogens with zero attached hydrogens (tertiary/aromatic N) is 2. The summed E-state index contributed by atoms with van der Waals surface area (Å²) in [5.41, 5.74) is 0. The highest BCUT2D eigenvalue weighted by Crippen LogP contribution is 2.17. The molecule has 0 atom stereocenters. The topological polar surface area (TPSA) is 52.7 Å².